The molecule has 0 aliphatic carbocycles. The fourth-order valence-electron chi connectivity index (χ4n) is 2.31. The fraction of sp³-hybridized carbons (Fsp3) is 0.625. The predicted octanol–water partition coefficient (Wildman–Crippen LogP) is 4.04. The first-order chi connectivity index (χ1) is 10.0. The highest BCUT2D eigenvalue weighted by Crippen LogP contribution is 2.26. The average molecular weight is 293 g/mol. The highest BCUT2D eigenvalue weighted by Gasteiger charge is 2.16. The third-order valence-corrected chi connectivity index (χ3v) is 3.83. The van der Waals surface area contributed by atoms with E-state index in [1.54, 1.807) is 6.07 Å². The molecule has 0 aromatic heterocycles. The molecule has 118 valence electrons. The Morgan fingerprint density at radius 1 is 1.33 bits per heavy atom. The molecule has 0 spiro atoms. The minimum Gasteiger partial charge on any atom is -0.379 e. The second kappa shape index (κ2) is 8.62. The summed E-state index contributed by atoms with van der Waals surface area (Å²) in [5.74, 6) is 0. The van der Waals surface area contributed by atoms with Gasteiger partial charge in [-0.3, -0.25) is 15.0 Å². The van der Waals surface area contributed by atoms with Crippen molar-refractivity contribution in [3.05, 3.63) is 33.9 Å². The predicted molar refractivity (Wildman–Crippen MR) is 87.7 cm³/mol. The Morgan fingerprint density at radius 2 is 2.05 bits per heavy atom. The van der Waals surface area contributed by atoms with Gasteiger partial charge in [0.15, 0.2) is 0 Å². The summed E-state index contributed by atoms with van der Waals surface area (Å²) in [5.41, 5.74) is 1.89. The molecule has 21 heavy (non-hydrogen) atoms. The normalized spacial score (nSPS) is 12.4. The van der Waals surface area contributed by atoms with E-state index in [4.69, 9.17) is 0 Å². The molecular formula is C16H27N3O2. The molecule has 0 heterocycles. The van der Waals surface area contributed by atoms with Crippen molar-refractivity contribution in [2.45, 2.75) is 53.1 Å². The van der Waals surface area contributed by atoms with Crippen LogP contribution in [0, 0.1) is 10.1 Å². The summed E-state index contributed by atoms with van der Waals surface area (Å²) < 4.78 is 0. The van der Waals surface area contributed by atoms with Crippen LogP contribution in [0.25, 0.3) is 0 Å². The Kier molecular flexibility index (Phi) is 7.15. The number of hydrogen-bond acceptors (Lipinski definition) is 4. The number of hydrogen-bond donors (Lipinski definition) is 1. The maximum absolute atomic E-state index is 11.1. The molecule has 0 aliphatic heterocycles. The molecule has 1 N–H and O–H groups in total. The first-order valence-electron chi connectivity index (χ1n) is 7.78. The molecule has 5 nitrogen and oxygen atoms in total. The zero-order valence-electron chi connectivity index (χ0n) is 13.6. The van der Waals surface area contributed by atoms with Gasteiger partial charge in [0, 0.05) is 25.2 Å². The zero-order chi connectivity index (χ0) is 15.8. The largest absolute Gasteiger partial charge is 0.379 e. The number of benzene rings is 1. The van der Waals surface area contributed by atoms with Gasteiger partial charge in [-0.2, -0.15) is 0 Å². The number of nitro groups is 1. The first-order valence-corrected chi connectivity index (χ1v) is 7.78. The van der Waals surface area contributed by atoms with Gasteiger partial charge in [0.25, 0.3) is 5.69 Å². The van der Waals surface area contributed by atoms with Crippen molar-refractivity contribution in [3.63, 3.8) is 0 Å². The molecule has 5 heteroatoms. The van der Waals surface area contributed by atoms with Crippen LogP contribution in [0.3, 0.4) is 0 Å². The monoisotopic (exact) mass is 293 g/mol. The molecule has 0 radical (unpaired) electrons. The number of nitrogens with one attached hydrogen (secondary N) is 1. The highest BCUT2D eigenvalue weighted by atomic mass is 16.6. The Labute approximate surface area is 127 Å². The molecule has 0 saturated heterocycles. The standard InChI is InChI=1S/C16H27N3O2/c1-5-10-17-15-11-14(8-9-16(15)19(20)21)12-18(7-3)13(4)6-2/h8-9,11,13,17H,5-7,10,12H2,1-4H3. The van der Waals surface area contributed by atoms with Gasteiger partial charge in [0.2, 0.25) is 0 Å². The lowest BCUT2D eigenvalue weighted by molar-refractivity contribution is -0.384. The van der Waals surface area contributed by atoms with Crippen LogP contribution in [0.4, 0.5) is 11.4 Å². The van der Waals surface area contributed by atoms with Crippen LogP contribution < -0.4 is 5.32 Å². The Hall–Kier alpha value is -1.62. The minimum atomic E-state index is -0.325. The van der Waals surface area contributed by atoms with Crippen LogP contribution in [-0.2, 0) is 6.54 Å². The van der Waals surface area contributed by atoms with Crippen molar-refractivity contribution in [2.75, 3.05) is 18.4 Å². The number of nitro benzene ring substituents is 1. The summed E-state index contributed by atoms with van der Waals surface area (Å²) in [5, 5.41) is 14.2. The van der Waals surface area contributed by atoms with Gasteiger partial charge in [0.1, 0.15) is 5.69 Å². The van der Waals surface area contributed by atoms with Crippen LogP contribution in [0.5, 0.6) is 0 Å². The Bertz CT molecular complexity index is 463. The topological polar surface area (TPSA) is 58.4 Å². The van der Waals surface area contributed by atoms with E-state index >= 15 is 0 Å². The summed E-state index contributed by atoms with van der Waals surface area (Å²) in [6, 6.07) is 5.90. The number of anilines is 1. The van der Waals surface area contributed by atoms with E-state index in [9.17, 15) is 10.1 Å². The Balaban J connectivity index is 2.95. The van der Waals surface area contributed by atoms with E-state index in [1.165, 1.54) is 0 Å². The second-order valence-electron chi connectivity index (χ2n) is 5.36. The van der Waals surface area contributed by atoms with Crippen LogP contribution in [0.15, 0.2) is 18.2 Å². The minimum absolute atomic E-state index is 0.152. The third-order valence-electron chi connectivity index (χ3n) is 3.83. The number of rotatable bonds is 9. The van der Waals surface area contributed by atoms with Gasteiger partial charge in [-0.15, -0.1) is 0 Å². The lowest BCUT2D eigenvalue weighted by atomic mass is 10.1. The van der Waals surface area contributed by atoms with Crippen molar-refractivity contribution < 1.29 is 4.92 Å². The van der Waals surface area contributed by atoms with Crippen molar-refractivity contribution in [1.29, 1.82) is 0 Å². The van der Waals surface area contributed by atoms with Gasteiger partial charge < -0.3 is 5.32 Å². The lowest BCUT2D eigenvalue weighted by Crippen LogP contribution is -2.31. The molecule has 1 unspecified atom stereocenters. The maximum atomic E-state index is 11.1. The highest BCUT2D eigenvalue weighted by molar-refractivity contribution is 5.62. The van der Waals surface area contributed by atoms with Gasteiger partial charge in [-0.25, -0.2) is 0 Å². The summed E-state index contributed by atoms with van der Waals surface area (Å²) in [7, 11) is 0. The molecule has 0 saturated carbocycles. The van der Waals surface area contributed by atoms with E-state index in [-0.39, 0.29) is 10.6 Å². The van der Waals surface area contributed by atoms with E-state index in [2.05, 4.69) is 31.0 Å². The Morgan fingerprint density at radius 3 is 2.57 bits per heavy atom. The smallest absolute Gasteiger partial charge is 0.292 e. The molecule has 0 aliphatic rings. The van der Waals surface area contributed by atoms with E-state index < -0.39 is 0 Å². The molecule has 1 atom stereocenters. The molecule has 1 aromatic carbocycles. The summed E-state index contributed by atoms with van der Waals surface area (Å²) >= 11 is 0. The second-order valence-corrected chi connectivity index (χ2v) is 5.36. The van der Waals surface area contributed by atoms with Gasteiger partial charge in [-0.05, 0) is 37.9 Å². The van der Waals surface area contributed by atoms with Crippen molar-refractivity contribution in [3.8, 4) is 0 Å². The van der Waals surface area contributed by atoms with E-state index in [0.29, 0.717) is 11.7 Å². The summed E-state index contributed by atoms with van der Waals surface area (Å²) in [4.78, 5) is 13.1. The van der Waals surface area contributed by atoms with Crippen molar-refractivity contribution in [2.24, 2.45) is 0 Å². The molecule has 0 amide bonds. The van der Waals surface area contributed by atoms with Crippen LogP contribution >= 0.6 is 0 Å². The summed E-state index contributed by atoms with van der Waals surface area (Å²) in [6.07, 6.45) is 2.04. The lowest BCUT2D eigenvalue weighted by Gasteiger charge is -2.27. The molecule has 0 fully saturated rings. The average Bonchev–Trinajstić information content (AvgIpc) is 2.49. The molecular weight excluding hydrogens is 266 g/mol. The van der Waals surface area contributed by atoms with E-state index in [0.717, 1.165) is 38.0 Å². The molecule has 1 rings (SSSR count). The van der Waals surface area contributed by atoms with Crippen LogP contribution in [-0.4, -0.2) is 29.0 Å². The zero-order valence-corrected chi connectivity index (χ0v) is 13.6. The van der Waals surface area contributed by atoms with Crippen LogP contribution in [0.1, 0.15) is 46.1 Å². The number of nitrogens with zero attached hydrogens (tertiary/aromatic N) is 2. The van der Waals surface area contributed by atoms with Gasteiger partial charge >= 0.3 is 0 Å². The van der Waals surface area contributed by atoms with E-state index in [1.807, 2.05) is 19.1 Å². The SMILES string of the molecule is CCCNc1cc(CN(CC)C(C)CC)ccc1[N+](=O)[O-]. The quantitative estimate of drug-likeness (QED) is 0.551. The molecule has 0 bridgehead atoms. The van der Waals surface area contributed by atoms with Gasteiger partial charge in [-0.1, -0.05) is 26.8 Å². The van der Waals surface area contributed by atoms with Crippen LogP contribution in [0.2, 0.25) is 0 Å². The van der Waals surface area contributed by atoms with Crippen molar-refractivity contribution in [1.82, 2.24) is 4.90 Å². The first kappa shape index (κ1) is 17.4. The summed E-state index contributed by atoms with van der Waals surface area (Å²) in [6.45, 7) is 11.1. The van der Waals surface area contributed by atoms with Crippen molar-refractivity contribution >= 4 is 11.4 Å². The molecule has 1 aromatic rings. The fourth-order valence-corrected chi connectivity index (χ4v) is 2.31. The maximum Gasteiger partial charge on any atom is 0.292 e. The third kappa shape index (κ3) is 5.01. The van der Waals surface area contributed by atoms with Gasteiger partial charge in [0.05, 0.1) is 4.92 Å².